The van der Waals surface area contributed by atoms with E-state index >= 15 is 0 Å². The Kier molecular flexibility index (Phi) is 4.13. The van der Waals surface area contributed by atoms with Crippen molar-refractivity contribution < 1.29 is 29.3 Å². The largest absolute Gasteiger partial charge is 0.508 e. The smallest absolute Gasteiger partial charge is 0.340 e. The van der Waals surface area contributed by atoms with Crippen LogP contribution in [0.25, 0.3) is 0 Å². The van der Waals surface area contributed by atoms with E-state index in [4.69, 9.17) is 15.2 Å². The third kappa shape index (κ3) is 2.65. The topological polar surface area (TPSA) is 122 Å². The van der Waals surface area contributed by atoms with Crippen LogP contribution in [-0.2, 0) is 15.1 Å². The van der Waals surface area contributed by atoms with E-state index < -0.39 is 11.6 Å². The number of rotatable bonds is 4. The van der Waals surface area contributed by atoms with Gasteiger partial charge in [0.2, 0.25) is 6.41 Å². The first kappa shape index (κ1) is 19.0. The summed E-state index contributed by atoms with van der Waals surface area (Å²) in [6, 6.07) is 14.2. The molecule has 0 unspecified atom stereocenters. The number of phenolic OH excluding ortho intramolecular Hbond substituents is 2. The summed E-state index contributed by atoms with van der Waals surface area (Å²) in [7, 11) is 0. The van der Waals surface area contributed by atoms with Crippen LogP contribution < -0.4 is 15.4 Å². The van der Waals surface area contributed by atoms with E-state index in [1.165, 1.54) is 29.2 Å². The number of hydrogen-bond acceptors (Lipinski definition) is 7. The van der Waals surface area contributed by atoms with Crippen molar-refractivity contribution in [2.24, 2.45) is 5.73 Å². The molecule has 8 nitrogen and oxygen atoms in total. The zero-order chi connectivity index (χ0) is 21.8. The summed E-state index contributed by atoms with van der Waals surface area (Å²) in [6.07, 6.45) is 0.662. The molecule has 8 heteroatoms. The van der Waals surface area contributed by atoms with Gasteiger partial charge in [0, 0.05) is 47.6 Å². The summed E-state index contributed by atoms with van der Waals surface area (Å²) >= 11 is 0. The first-order valence-electron chi connectivity index (χ1n) is 9.62. The van der Waals surface area contributed by atoms with Crippen molar-refractivity contribution in [3.8, 4) is 23.0 Å². The Morgan fingerprint density at radius 2 is 1.55 bits per heavy atom. The van der Waals surface area contributed by atoms with E-state index in [-0.39, 0.29) is 18.0 Å². The van der Waals surface area contributed by atoms with Crippen LogP contribution >= 0.6 is 0 Å². The summed E-state index contributed by atoms with van der Waals surface area (Å²) in [4.78, 5) is 25.9. The Bertz CT molecular complexity index is 1190. The normalized spacial score (nSPS) is 14.8. The van der Waals surface area contributed by atoms with Crippen LogP contribution in [0, 0.1) is 0 Å². The highest BCUT2D eigenvalue weighted by atomic mass is 16.6. The highest BCUT2D eigenvalue weighted by Gasteiger charge is 2.53. The highest BCUT2D eigenvalue weighted by molar-refractivity contribution is 5.98. The maximum absolute atomic E-state index is 13.0. The standard InChI is InChI=1S/C23H18N2O6/c24-7-8-25(12-26)13-1-4-17-16(9-13)22(29)31-23(17)18-5-2-14(27)10-20(18)30-21-11-15(28)3-6-19(21)23/h1-6,9-12,27-28H,7-8,24H2. The molecule has 0 saturated heterocycles. The number of benzene rings is 3. The van der Waals surface area contributed by atoms with Gasteiger partial charge in [0.05, 0.1) is 5.56 Å². The number of esters is 1. The lowest BCUT2D eigenvalue weighted by molar-refractivity contribution is -0.107. The molecule has 1 spiro atoms. The molecule has 5 rings (SSSR count). The number of hydrogen-bond donors (Lipinski definition) is 3. The van der Waals surface area contributed by atoms with Crippen LogP contribution in [0.5, 0.6) is 23.0 Å². The van der Waals surface area contributed by atoms with E-state index in [9.17, 15) is 19.8 Å². The van der Waals surface area contributed by atoms with E-state index in [1.807, 2.05) is 0 Å². The van der Waals surface area contributed by atoms with Crippen molar-refractivity contribution in [1.29, 1.82) is 0 Å². The summed E-state index contributed by atoms with van der Waals surface area (Å²) in [5.41, 5.74) is 6.74. The van der Waals surface area contributed by atoms with Crippen LogP contribution in [0.15, 0.2) is 54.6 Å². The second kappa shape index (κ2) is 6.75. The minimum absolute atomic E-state index is 0.0131. The summed E-state index contributed by atoms with van der Waals surface area (Å²) < 4.78 is 11.9. The van der Waals surface area contributed by atoms with Crippen LogP contribution in [0.4, 0.5) is 5.69 Å². The molecule has 4 N–H and O–H groups in total. The first-order valence-corrected chi connectivity index (χ1v) is 9.62. The third-order valence-electron chi connectivity index (χ3n) is 5.59. The molecule has 0 bridgehead atoms. The Morgan fingerprint density at radius 3 is 2.13 bits per heavy atom. The van der Waals surface area contributed by atoms with Gasteiger partial charge in [-0.15, -0.1) is 0 Å². The molecule has 2 aliphatic rings. The van der Waals surface area contributed by atoms with Gasteiger partial charge in [0.25, 0.3) is 0 Å². The van der Waals surface area contributed by atoms with Crippen molar-refractivity contribution in [2.75, 3.05) is 18.0 Å². The second-order valence-electron chi connectivity index (χ2n) is 7.35. The molecular formula is C23H18N2O6. The van der Waals surface area contributed by atoms with Crippen molar-refractivity contribution in [3.63, 3.8) is 0 Å². The number of aromatic hydroxyl groups is 2. The maximum Gasteiger partial charge on any atom is 0.340 e. The lowest BCUT2D eigenvalue weighted by Gasteiger charge is -2.36. The fourth-order valence-electron chi connectivity index (χ4n) is 4.25. The molecule has 0 aromatic heterocycles. The number of carbonyl (C=O) groups excluding carboxylic acids is 2. The molecule has 156 valence electrons. The van der Waals surface area contributed by atoms with Gasteiger partial charge in [0.1, 0.15) is 23.0 Å². The number of phenols is 2. The number of ether oxygens (including phenoxy) is 2. The molecule has 3 aromatic rings. The molecule has 2 heterocycles. The third-order valence-corrected chi connectivity index (χ3v) is 5.59. The number of carbonyl (C=O) groups is 2. The second-order valence-corrected chi connectivity index (χ2v) is 7.35. The predicted molar refractivity (Wildman–Crippen MR) is 110 cm³/mol. The lowest BCUT2D eigenvalue weighted by atomic mass is 9.77. The number of anilines is 1. The van der Waals surface area contributed by atoms with Crippen LogP contribution in [-0.4, -0.2) is 35.7 Å². The number of fused-ring (bicyclic) bond motifs is 6. The quantitative estimate of drug-likeness (QED) is 0.440. The van der Waals surface area contributed by atoms with Gasteiger partial charge >= 0.3 is 5.97 Å². The van der Waals surface area contributed by atoms with Gasteiger partial charge in [0.15, 0.2) is 5.60 Å². The van der Waals surface area contributed by atoms with E-state index in [0.717, 1.165) is 0 Å². The predicted octanol–water partition coefficient (Wildman–Crippen LogP) is 2.59. The SMILES string of the molecule is NCCN(C=O)c1ccc2c(c1)C(=O)OC21c2ccc(O)cc2Oc2cc(O)ccc21. The molecule has 1 amide bonds. The van der Waals surface area contributed by atoms with Crippen LogP contribution in [0.3, 0.4) is 0 Å². The van der Waals surface area contributed by atoms with Crippen molar-refractivity contribution >= 4 is 18.1 Å². The number of amides is 1. The first-order chi connectivity index (χ1) is 15.0. The van der Waals surface area contributed by atoms with Gasteiger partial charge in [-0.25, -0.2) is 4.79 Å². The molecule has 0 fully saturated rings. The summed E-state index contributed by atoms with van der Waals surface area (Å²) in [5.74, 6) is 0.0259. The lowest BCUT2D eigenvalue weighted by Crippen LogP contribution is -2.33. The Morgan fingerprint density at radius 1 is 0.935 bits per heavy atom. The number of nitrogens with two attached hydrogens (primary N) is 1. The van der Waals surface area contributed by atoms with Gasteiger partial charge in [-0.3, -0.25) is 4.79 Å². The highest BCUT2D eigenvalue weighted by Crippen LogP contribution is 2.57. The summed E-state index contributed by atoms with van der Waals surface area (Å²) in [6.45, 7) is 0.579. The average molecular weight is 418 g/mol. The van der Waals surface area contributed by atoms with E-state index in [0.29, 0.717) is 52.4 Å². The zero-order valence-corrected chi connectivity index (χ0v) is 16.2. The monoisotopic (exact) mass is 418 g/mol. The molecule has 0 aliphatic carbocycles. The van der Waals surface area contributed by atoms with Crippen molar-refractivity contribution in [1.82, 2.24) is 0 Å². The molecule has 31 heavy (non-hydrogen) atoms. The maximum atomic E-state index is 13.0. The Labute approximate surface area is 177 Å². The van der Waals surface area contributed by atoms with Crippen molar-refractivity contribution in [2.45, 2.75) is 5.60 Å². The Hall–Kier alpha value is -4.04. The zero-order valence-electron chi connectivity index (χ0n) is 16.2. The van der Waals surface area contributed by atoms with Crippen LogP contribution in [0.1, 0.15) is 27.0 Å². The van der Waals surface area contributed by atoms with Gasteiger partial charge in [-0.05, 0) is 36.4 Å². The molecular weight excluding hydrogens is 400 g/mol. The van der Waals surface area contributed by atoms with E-state index in [1.54, 1.807) is 30.3 Å². The van der Waals surface area contributed by atoms with Crippen LogP contribution in [0.2, 0.25) is 0 Å². The molecule has 3 aromatic carbocycles. The van der Waals surface area contributed by atoms with E-state index in [2.05, 4.69) is 0 Å². The molecule has 0 saturated carbocycles. The molecule has 0 atom stereocenters. The summed E-state index contributed by atoms with van der Waals surface area (Å²) in [5, 5.41) is 19.9. The van der Waals surface area contributed by atoms with Gasteiger partial charge < -0.3 is 30.3 Å². The fraction of sp³-hybridized carbons (Fsp3) is 0.130. The fourth-order valence-corrected chi connectivity index (χ4v) is 4.25. The molecule has 2 aliphatic heterocycles. The average Bonchev–Trinajstić information content (AvgIpc) is 3.04. The van der Waals surface area contributed by atoms with Gasteiger partial charge in [-0.1, -0.05) is 6.07 Å². The van der Waals surface area contributed by atoms with Gasteiger partial charge in [-0.2, -0.15) is 0 Å². The number of nitrogens with zero attached hydrogens (tertiary/aromatic N) is 1. The minimum atomic E-state index is -1.32. The Balaban J connectivity index is 1.77. The van der Waals surface area contributed by atoms with Crippen molar-refractivity contribution in [3.05, 3.63) is 76.9 Å². The molecule has 0 radical (unpaired) electrons. The minimum Gasteiger partial charge on any atom is -0.508 e.